The Labute approximate surface area is 124 Å². The molecule has 110 valence electrons. The van der Waals surface area contributed by atoms with Crippen LogP contribution in [0.4, 0.5) is 4.79 Å². The first-order valence-corrected chi connectivity index (χ1v) is 7.15. The summed E-state index contributed by atoms with van der Waals surface area (Å²) in [7, 11) is 0. The molecule has 1 rings (SSSR count). The largest absolute Gasteiger partial charge is 0.445 e. The van der Waals surface area contributed by atoms with Crippen LogP contribution in [0.3, 0.4) is 0 Å². The molecule has 1 amide bonds. The molecule has 0 bridgehead atoms. The van der Waals surface area contributed by atoms with Crippen LogP contribution < -0.4 is 5.32 Å². The predicted molar refractivity (Wildman–Crippen MR) is 78.5 cm³/mol. The first-order valence-electron chi connectivity index (χ1n) is 6.77. The van der Waals surface area contributed by atoms with Crippen LogP contribution in [-0.2, 0) is 16.1 Å². The minimum atomic E-state index is -0.480. The fraction of sp³-hybridized carbons (Fsp3) is 0.467. The van der Waals surface area contributed by atoms with E-state index in [2.05, 4.69) is 5.32 Å². The first kappa shape index (κ1) is 16.5. The summed E-state index contributed by atoms with van der Waals surface area (Å²) in [5, 5.41) is 2.28. The highest BCUT2D eigenvalue weighted by atomic mass is 35.5. The van der Waals surface area contributed by atoms with Gasteiger partial charge in [0.05, 0.1) is 0 Å². The number of ether oxygens (including phenoxy) is 1. The number of benzene rings is 1. The van der Waals surface area contributed by atoms with E-state index in [1.807, 2.05) is 37.3 Å². The molecule has 1 aromatic rings. The van der Waals surface area contributed by atoms with E-state index >= 15 is 0 Å². The lowest BCUT2D eigenvalue weighted by molar-refractivity contribution is -0.115. The Morgan fingerprint density at radius 3 is 2.55 bits per heavy atom. The molecule has 20 heavy (non-hydrogen) atoms. The maximum absolute atomic E-state index is 11.5. The summed E-state index contributed by atoms with van der Waals surface area (Å²) in [6.45, 7) is 2.62. The molecule has 0 spiro atoms. The summed E-state index contributed by atoms with van der Waals surface area (Å²) in [6, 6.07) is 9.45. The Balaban J connectivity index is 2.21. The zero-order valence-electron chi connectivity index (χ0n) is 11.6. The molecule has 0 fully saturated rings. The van der Waals surface area contributed by atoms with Crippen LogP contribution in [0, 0.1) is 5.92 Å². The summed E-state index contributed by atoms with van der Waals surface area (Å²) in [5.41, 5.74) is 0.933. The summed E-state index contributed by atoms with van der Waals surface area (Å²) in [6.07, 6.45) is 1.69. The monoisotopic (exact) mass is 297 g/mol. The molecule has 1 aromatic carbocycles. The van der Waals surface area contributed by atoms with Crippen LogP contribution in [0.2, 0.25) is 0 Å². The lowest BCUT2D eigenvalue weighted by Gasteiger charge is -2.12. The highest BCUT2D eigenvalue weighted by molar-refractivity contribution is 6.63. The summed E-state index contributed by atoms with van der Waals surface area (Å²) in [5.74, 6) is -0.198. The third kappa shape index (κ3) is 6.57. The number of nitrogens with one attached hydrogen (secondary N) is 1. The molecule has 1 atom stereocenters. The van der Waals surface area contributed by atoms with Crippen molar-refractivity contribution in [3.05, 3.63) is 35.9 Å². The van der Waals surface area contributed by atoms with Gasteiger partial charge in [-0.15, -0.1) is 0 Å². The summed E-state index contributed by atoms with van der Waals surface area (Å²) >= 11 is 5.50. The minimum Gasteiger partial charge on any atom is -0.445 e. The van der Waals surface area contributed by atoms with Crippen molar-refractivity contribution in [1.82, 2.24) is 5.32 Å². The number of carbonyl (C=O) groups is 2. The van der Waals surface area contributed by atoms with Gasteiger partial charge in [-0.2, -0.15) is 0 Å². The molecular weight excluding hydrogens is 278 g/mol. The van der Waals surface area contributed by atoms with Gasteiger partial charge in [0.1, 0.15) is 6.61 Å². The van der Waals surface area contributed by atoms with Gasteiger partial charge in [-0.05, 0) is 30.0 Å². The van der Waals surface area contributed by atoms with Crippen molar-refractivity contribution in [2.24, 2.45) is 5.92 Å². The third-order valence-corrected chi connectivity index (χ3v) is 3.24. The normalized spacial score (nSPS) is 11.7. The van der Waals surface area contributed by atoms with E-state index in [-0.39, 0.29) is 17.8 Å². The van der Waals surface area contributed by atoms with E-state index in [0.29, 0.717) is 13.0 Å². The van der Waals surface area contributed by atoms with Crippen molar-refractivity contribution < 1.29 is 14.3 Å². The number of halogens is 1. The number of alkyl carbamates (subject to hydrolysis) is 1. The van der Waals surface area contributed by atoms with Crippen molar-refractivity contribution >= 4 is 22.9 Å². The molecule has 0 aliphatic rings. The van der Waals surface area contributed by atoms with Crippen LogP contribution >= 0.6 is 11.6 Å². The lowest BCUT2D eigenvalue weighted by atomic mass is 10.0. The van der Waals surface area contributed by atoms with Crippen molar-refractivity contribution in [1.29, 1.82) is 0 Å². The Bertz CT molecular complexity index is 422. The molecule has 0 aliphatic heterocycles. The van der Waals surface area contributed by atoms with Crippen molar-refractivity contribution in [2.45, 2.75) is 32.8 Å². The van der Waals surface area contributed by atoms with E-state index in [1.165, 1.54) is 0 Å². The van der Waals surface area contributed by atoms with Gasteiger partial charge < -0.3 is 10.1 Å². The number of hydrogen-bond acceptors (Lipinski definition) is 3. The Kier molecular flexibility index (Phi) is 7.73. The zero-order valence-corrected chi connectivity index (χ0v) is 12.4. The quantitative estimate of drug-likeness (QED) is 0.747. The van der Waals surface area contributed by atoms with Crippen molar-refractivity contribution in [3.8, 4) is 0 Å². The van der Waals surface area contributed by atoms with Gasteiger partial charge in [0, 0.05) is 12.5 Å². The minimum absolute atomic E-state index is 0.198. The van der Waals surface area contributed by atoms with Crippen LogP contribution in [0.25, 0.3) is 0 Å². The number of rotatable bonds is 8. The molecule has 0 saturated heterocycles. The van der Waals surface area contributed by atoms with Crippen molar-refractivity contribution in [3.63, 3.8) is 0 Å². The number of amides is 1. The van der Waals surface area contributed by atoms with Gasteiger partial charge in [-0.1, -0.05) is 43.7 Å². The fourth-order valence-electron chi connectivity index (χ4n) is 1.84. The Morgan fingerprint density at radius 2 is 1.95 bits per heavy atom. The maximum Gasteiger partial charge on any atom is 0.407 e. The predicted octanol–water partition coefficient (Wildman–Crippen LogP) is 3.48. The zero-order chi connectivity index (χ0) is 14.8. The van der Waals surface area contributed by atoms with Crippen LogP contribution in [-0.4, -0.2) is 17.9 Å². The van der Waals surface area contributed by atoms with Gasteiger partial charge in [0.15, 0.2) is 0 Å². The highest BCUT2D eigenvalue weighted by Crippen LogP contribution is 2.13. The third-order valence-electron chi connectivity index (χ3n) is 2.93. The molecule has 0 radical (unpaired) electrons. The second-order valence-electron chi connectivity index (χ2n) is 4.57. The van der Waals surface area contributed by atoms with E-state index < -0.39 is 6.09 Å². The second-order valence-corrected chi connectivity index (χ2v) is 4.94. The van der Waals surface area contributed by atoms with Crippen molar-refractivity contribution in [2.75, 3.05) is 6.54 Å². The SMILES string of the molecule is CCCC(CCNC(=O)OCc1ccccc1)C(=O)Cl. The topological polar surface area (TPSA) is 55.4 Å². The Hall–Kier alpha value is -1.55. The lowest BCUT2D eigenvalue weighted by Crippen LogP contribution is -2.27. The molecular formula is C15H20ClNO3. The van der Waals surface area contributed by atoms with Gasteiger partial charge >= 0.3 is 6.09 Å². The van der Waals surface area contributed by atoms with Gasteiger partial charge in [0.25, 0.3) is 0 Å². The van der Waals surface area contributed by atoms with Gasteiger partial charge in [-0.3, -0.25) is 4.79 Å². The van der Waals surface area contributed by atoms with E-state index in [0.717, 1.165) is 18.4 Å². The summed E-state index contributed by atoms with van der Waals surface area (Å²) in [4.78, 5) is 22.6. The second kappa shape index (κ2) is 9.37. The average molecular weight is 298 g/mol. The molecule has 0 aromatic heterocycles. The van der Waals surface area contributed by atoms with Gasteiger partial charge in [0.2, 0.25) is 5.24 Å². The van der Waals surface area contributed by atoms with E-state index in [4.69, 9.17) is 16.3 Å². The van der Waals surface area contributed by atoms with Gasteiger partial charge in [-0.25, -0.2) is 4.79 Å². The summed E-state index contributed by atoms with van der Waals surface area (Å²) < 4.78 is 5.06. The average Bonchev–Trinajstić information content (AvgIpc) is 2.45. The number of hydrogen-bond donors (Lipinski definition) is 1. The van der Waals surface area contributed by atoms with Crippen LogP contribution in [0.1, 0.15) is 31.7 Å². The first-order chi connectivity index (χ1) is 9.63. The molecule has 0 aliphatic carbocycles. The van der Waals surface area contributed by atoms with E-state index in [1.54, 1.807) is 0 Å². The molecule has 1 unspecified atom stereocenters. The highest BCUT2D eigenvalue weighted by Gasteiger charge is 2.15. The van der Waals surface area contributed by atoms with Crippen LogP contribution in [0.15, 0.2) is 30.3 Å². The Morgan fingerprint density at radius 1 is 1.25 bits per heavy atom. The molecule has 0 heterocycles. The molecule has 4 nitrogen and oxygen atoms in total. The number of carbonyl (C=O) groups excluding carboxylic acids is 2. The molecule has 5 heteroatoms. The standard InChI is InChI=1S/C15H20ClNO3/c1-2-6-13(14(16)18)9-10-17-15(19)20-11-12-7-4-3-5-8-12/h3-5,7-8,13H,2,6,9-11H2,1H3,(H,17,19). The molecule has 1 N–H and O–H groups in total. The maximum atomic E-state index is 11.5. The van der Waals surface area contributed by atoms with Crippen LogP contribution in [0.5, 0.6) is 0 Å². The molecule has 0 saturated carbocycles. The fourth-order valence-corrected chi connectivity index (χ4v) is 2.06. The van der Waals surface area contributed by atoms with E-state index in [9.17, 15) is 9.59 Å². The smallest absolute Gasteiger partial charge is 0.407 e.